The number of rotatable bonds is 5. The van der Waals surface area contributed by atoms with Crippen molar-refractivity contribution in [3.63, 3.8) is 0 Å². The number of hydrogen-bond acceptors (Lipinski definition) is 6. The van der Waals surface area contributed by atoms with Gasteiger partial charge in [0.2, 0.25) is 0 Å². The van der Waals surface area contributed by atoms with Crippen molar-refractivity contribution >= 4 is 39.0 Å². The van der Waals surface area contributed by atoms with E-state index in [1.54, 1.807) is 33.9 Å². The van der Waals surface area contributed by atoms with Crippen LogP contribution < -0.4 is 5.56 Å². The second-order valence-corrected chi connectivity index (χ2v) is 9.77. The number of imidazole rings is 1. The van der Waals surface area contributed by atoms with Crippen LogP contribution in [-0.2, 0) is 25.1 Å². The Bertz CT molecular complexity index is 1410. The van der Waals surface area contributed by atoms with Gasteiger partial charge in [0.25, 0.3) is 5.56 Å². The molecule has 0 atom stereocenters. The molecule has 0 fully saturated rings. The Labute approximate surface area is 186 Å². The number of thioether (sulfide) groups is 1. The molecule has 5 aromatic heterocycles. The smallest absolute Gasteiger partial charge is 0.263 e. The zero-order chi connectivity index (χ0) is 20.8. The van der Waals surface area contributed by atoms with E-state index in [2.05, 4.69) is 4.98 Å². The van der Waals surface area contributed by atoms with Crippen LogP contribution in [0.5, 0.6) is 0 Å². The van der Waals surface area contributed by atoms with E-state index >= 15 is 0 Å². The Kier molecular flexibility index (Phi) is 4.69. The Morgan fingerprint density at radius 2 is 2.06 bits per heavy atom. The van der Waals surface area contributed by atoms with E-state index in [1.165, 1.54) is 16.9 Å². The summed E-state index contributed by atoms with van der Waals surface area (Å²) in [7, 11) is 0. The van der Waals surface area contributed by atoms with Crippen LogP contribution in [0.2, 0.25) is 0 Å². The van der Waals surface area contributed by atoms with E-state index in [4.69, 9.17) is 9.40 Å². The first-order chi connectivity index (χ1) is 15.3. The van der Waals surface area contributed by atoms with Crippen LogP contribution in [0.1, 0.15) is 34.7 Å². The topological polar surface area (TPSA) is 65.3 Å². The maximum Gasteiger partial charge on any atom is 0.263 e. The SMILES string of the molecule is O=c1c2c3c(sc2nc(SCc2cn4ccccc4n2)n1Cc1ccco1)CCCC3. The third-order valence-corrected chi connectivity index (χ3v) is 7.89. The van der Waals surface area contributed by atoms with E-state index in [0.29, 0.717) is 17.5 Å². The summed E-state index contributed by atoms with van der Waals surface area (Å²) in [6.45, 7) is 0.382. The molecular formula is C23H20N4O2S2. The Hall–Kier alpha value is -2.84. The van der Waals surface area contributed by atoms with Crippen molar-refractivity contribution in [3.05, 3.63) is 81.2 Å². The number of thiophene rings is 1. The highest BCUT2D eigenvalue weighted by Gasteiger charge is 2.23. The zero-order valence-electron chi connectivity index (χ0n) is 16.8. The molecule has 5 aromatic rings. The molecule has 0 saturated carbocycles. The van der Waals surface area contributed by atoms with Gasteiger partial charge in [0.15, 0.2) is 5.16 Å². The molecule has 5 heterocycles. The summed E-state index contributed by atoms with van der Waals surface area (Å²) in [5, 5.41) is 1.52. The Balaban J connectivity index is 1.42. The van der Waals surface area contributed by atoms with Gasteiger partial charge >= 0.3 is 0 Å². The average molecular weight is 449 g/mol. The van der Waals surface area contributed by atoms with E-state index in [1.807, 2.05) is 47.1 Å². The molecule has 0 N–H and O–H groups in total. The fraction of sp³-hybridized carbons (Fsp3) is 0.261. The summed E-state index contributed by atoms with van der Waals surface area (Å²) in [4.78, 5) is 25.5. The molecule has 0 spiro atoms. The highest BCUT2D eigenvalue weighted by Crippen LogP contribution is 2.35. The molecule has 0 aliphatic heterocycles. The van der Waals surface area contributed by atoms with Gasteiger partial charge in [-0.3, -0.25) is 9.36 Å². The summed E-state index contributed by atoms with van der Waals surface area (Å²) in [5.74, 6) is 1.39. The average Bonchev–Trinajstić information content (AvgIpc) is 3.52. The predicted octanol–water partition coefficient (Wildman–Crippen LogP) is 4.92. The lowest BCUT2D eigenvalue weighted by atomic mass is 9.97. The number of pyridine rings is 1. The molecule has 1 aliphatic carbocycles. The molecule has 0 amide bonds. The second-order valence-electron chi connectivity index (χ2n) is 7.74. The fourth-order valence-corrected chi connectivity index (χ4v) is 6.41. The fourth-order valence-electron chi connectivity index (χ4n) is 4.22. The van der Waals surface area contributed by atoms with E-state index in [9.17, 15) is 4.79 Å². The molecule has 156 valence electrons. The molecule has 0 bridgehead atoms. The minimum Gasteiger partial charge on any atom is -0.467 e. The Morgan fingerprint density at radius 1 is 1.13 bits per heavy atom. The summed E-state index contributed by atoms with van der Waals surface area (Å²) < 4.78 is 9.32. The normalized spacial score (nSPS) is 13.8. The van der Waals surface area contributed by atoms with Gasteiger partial charge in [0.1, 0.15) is 16.2 Å². The monoisotopic (exact) mass is 448 g/mol. The van der Waals surface area contributed by atoms with Gasteiger partial charge in [-0.25, -0.2) is 9.97 Å². The van der Waals surface area contributed by atoms with Crippen LogP contribution in [-0.4, -0.2) is 18.9 Å². The summed E-state index contributed by atoms with van der Waals surface area (Å²) in [5.41, 5.74) is 3.13. The zero-order valence-corrected chi connectivity index (χ0v) is 18.4. The lowest BCUT2D eigenvalue weighted by Gasteiger charge is -2.12. The molecule has 0 unspecified atom stereocenters. The summed E-state index contributed by atoms with van der Waals surface area (Å²) in [6, 6.07) is 9.70. The quantitative estimate of drug-likeness (QED) is 0.282. The maximum absolute atomic E-state index is 13.6. The summed E-state index contributed by atoms with van der Waals surface area (Å²) >= 11 is 3.24. The molecule has 0 radical (unpaired) electrons. The van der Waals surface area contributed by atoms with Crippen molar-refractivity contribution in [2.75, 3.05) is 0 Å². The van der Waals surface area contributed by atoms with Gasteiger partial charge in [-0.05, 0) is 55.5 Å². The number of furan rings is 1. The van der Waals surface area contributed by atoms with Gasteiger partial charge in [-0.15, -0.1) is 11.3 Å². The molecular weight excluding hydrogens is 428 g/mol. The largest absolute Gasteiger partial charge is 0.467 e. The lowest BCUT2D eigenvalue weighted by Crippen LogP contribution is -2.24. The lowest BCUT2D eigenvalue weighted by molar-refractivity contribution is 0.476. The third kappa shape index (κ3) is 3.40. The van der Waals surface area contributed by atoms with Crippen molar-refractivity contribution < 1.29 is 4.42 Å². The number of aryl methyl sites for hydroxylation is 2. The second kappa shape index (κ2) is 7.69. The first-order valence-electron chi connectivity index (χ1n) is 10.4. The first-order valence-corrected chi connectivity index (χ1v) is 12.2. The number of fused-ring (bicyclic) bond motifs is 4. The molecule has 31 heavy (non-hydrogen) atoms. The van der Waals surface area contributed by atoms with Crippen molar-refractivity contribution in [1.29, 1.82) is 0 Å². The highest BCUT2D eigenvalue weighted by atomic mass is 32.2. The molecule has 0 aromatic carbocycles. The van der Waals surface area contributed by atoms with Gasteiger partial charge in [0, 0.05) is 23.0 Å². The van der Waals surface area contributed by atoms with Crippen LogP contribution in [0.3, 0.4) is 0 Å². The molecule has 0 saturated heterocycles. The maximum atomic E-state index is 13.6. The minimum atomic E-state index is 0.0401. The van der Waals surface area contributed by atoms with Crippen molar-refractivity contribution in [1.82, 2.24) is 18.9 Å². The van der Waals surface area contributed by atoms with Crippen LogP contribution in [0.25, 0.3) is 15.9 Å². The predicted molar refractivity (Wildman–Crippen MR) is 123 cm³/mol. The van der Waals surface area contributed by atoms with Gasteiger partial charge < -0.3 is 8.82 Å². The van der Waals surface area contributed by atoms with Crippen LogP contribution in [0.4, 0.5) is 0 Å². The number of hydrogen-bond donors (Lipinski definition) is 0. The number of aromatic nitrogens is 4. The standard InChI is InChI=1S/C23H20N4O2S2/c28-22-20-17-7-1-2-8-18(17)31-21(20)25-23(27(22)13-16-6-5-11-29-16)30-14-15-12-26-10-4-3-9-19(26)24-15/h3-6,9-12H,1-2,7-8,13-14H2. The van der Waals surface area contributed by atoms with E-state index in [0.717, 1.165) is 46.6 Å². The van der Waals surface area contributed by atoms with Crippen molar-refractivity contribution in [2.45, 2.75) is 43.1 Å². The van der Waals surface area contributed by atoms with E-state index < -0.39 is 0 Å². The third-order valence-electron chi connectivity index (χ3n) is 5.70. The van der Waals surface area contributed by atoms with Gasteiger partial charge in [-0.1, -0.05) is 17.8 Å². The van der Waals surface area contributed by atoms with Gasteiger partial charge in [0.05, 0.1) is 23.9 Å². The highest BCUT2D eigenvalue weighted by molar-refractivity contribution is 7.98. The minimum absolute atomic E-state index is 0.0401. The summed E-state index contributed by atoms with van der Waals surface area (Å²) in [6.07, 6.45) is 10.0. The van der Waals surface area contributed by atoms with Gasteiger partial charge in [-0.2, -0.15) is 0 Å². The molecule has 8 heteroatoms. The molecule has 1 aliphatic rings. The Morgan fingerprint density at radius 3 is 2.94 bits per heavy atom. The first kappa shape index (κ1) is 18.9. The van der Waals surface area contributed by atoms with Crippen molar-refractivity contribution in [3.8, 4) is 0 Å². The van der Waals surface area contributed by atoms with Crippen LogP contribution >= 0.6 is 23.1 Å². The number of nitrogens with zero attached hydrogens (tertiary/aromatic N) is 4. The van der Waals surface area contributed by atoms with Crippen LogP contribution in [0.15, 0.2) is 63.4 Å². The van der Waals surface area contributed by atoms with Crippen LogP contribution in [0, 0.1) is 0 Å². The van der Waals surface area contributed by atoms with E-state index in [-0.39, 0.29) is 5.56 Å². The van der Waals surface area contributed by atoms with Crippen molar-refractivity contribution in [2.24, 2.45) is 0 Å². The molecule has 6 nitrogen and oxygen atoms in total. The molecule has 6 rings (SSSR count).